The first-order valence-corrected chi connectivity index (χ1v) is 7.36. The highest BCUT2D eigenvalue weighted by atomic mass is 16.3. The van der Waals surface area contributed by atoms with Crippen molar-refractivity contribution in [3.8, 4) is 0 Å². The van der Waals surface area contributed by atoms with Crippen LogP contribution in [0.3, 0.4) is 0 Å². The number of carbonyl (C=O) groups is 1. The predicted octanol–water partition coefficient (Wildman–Crippen LogP) is 1.57. The summed E-state index contributed by atoms with van der Waals surface area (Å²) in [4.78, 5) is 14.2. The summed E-state index contributed by atoms with van der Waals surface area (Å²) in [5, 5.41) is 12.1. The number of amides is 1. The Balaban J connectivity index is 1.70. The number of nitrogens with zero attached hydrogens (tertiary/aromatic N) is 1. The highest BCUT2D eigenvalue weighted by Crippen LogP contribution is 2.15. The van der Waals surface area contributed by atoms with Gasteiger partial charge in [0.1, 0.15) is 0 Å². The number of aliphatic hydroxyl groups is 1. The molecule has 1 aliphatic rings. The van der Waals surface area contributed by atoms with Crippen molar-refractivity contribution in [1.82, 2.24) is 10.2 Å². The summed E-state index contributed by atoms with van der Waals surface area (Å²) in [7, 11) is 0. The lowest BCUT2D eigenvalue weighted by Crippen LogP contribution is -2.31. The van der Waals surface area contributed by atoms with E-state index in [0.717, 1.165) is 31.6 Å². The number of hydrogen-bond donors (Lipinski definition) is 2. The van der Waals surface area contributed by atoms with Gasteiger partial charge in [-0.2, -0.15) is 0 Å². The molecule has 4 nitrogen and oxygen atoms in total. The molecule has 0 saturated carbocycles. The van der Waals surface area contributed by atoms with E-state index in [4.69, 9.17) is 5.11 Å². The van der Waals surface area contributed by atoms with E-state index < -0.39 is 0 Å². The quantitative estimate of drug-likeness (QED) is 0.829. The van der Waals surface area contributed by atoms with Crippen molar-refractivity contribution in [2.24, 2.45) is 5.92 Å². The van der Waals surface area contributed by atoms with Crippen molar-refractivity contribution < 1.29 is 9.90 Å². The molecule has 1 amide bonds. The molecule has 0 aliphatic carbocycles. The molecule has 2 atom stereocenters. The zero-order valence-electron chi connectivity index (χ0n) is 12.1. The topological polar surface area (TPSA) is 52.6 Å². The van der Waals surface area contributed by atoms with Crippen molar-refractivity contribution >= 4 is 5.91 Å². The summed E-state index contributed by atoms with van der Waals surface area (Å²) in [5.41, 5.74) is 1.13. The van der Waals surface area contributed by atoms with Crippen molar-refractivity contribution in [1.29, 1.82) is 0 Å². The van der Waals surface area contributed by atoms with E-state index in [9.17, 15) is 4.79 Å². The smallest absolute Gasteiger partial charge is 0.221 e. The average molecular weight is 276 g/mol. The van der Waals surface area contributed by atoms with Gasteiger partial charge in [-0.3, -0.25) is 4.79 Å². The molecule has 1 aliphatic heterocycles. The summed E-state index contributed by atoms with van der Waals surface area (Å²) in [5.74, 6) is 0.482. The Bertz CT molecular complexity index is 422. The molecule has 1 heterocycles. The van der Waals surface area contributed by atoms with Gasteiger partial charge in [0.05, 0.1) is 6.04 Å². The van der Waals surface area contributed by atoms with Crippen LogP contribution < -0.4 is 5.32 Å². The van der Waals surface area contributed by atoms with Crippen molar-refractivity contribution in [3.63, 3.8) is 0 Å². The van der Waals surface area contributed by atoms with Crippen molar-refractivity contribution in [2.45, 2.75) is 25.8 Å². The minimum atomic E-state index is 0.0486. The third kappa shape index (κ3) is 4.32. The Labute approximate surface area is 120 Å². The second-order valence-corrected chi connectivity index (χ2v) is 5.59. The molecule has 1 aromatic carbocycles. The zero-order valence-corrected chi connectivity index (χ0v) is 12.1. The Morgan fingerprint density at radius 1 is 1.45 bits per heavy atom. The van der Waals surface area contributed by atoms with E-state index in [1.165, 1.54) is 0 Å². The van der Waals surface area contributed by atoms with Gasteiger partial charge < -0.3 is 15.3 Å². The lowest BCUT2D eigenvalue weighted by atomic mass is 10.1. The van der Waals surface area contributed by atoms with Gasteiger partial charge in [-0.15, -0.1) is 0 Å². The summed E-state index contributed by atoms with van der Waals surface area (Å²) >= 11 is 0. The van der Waals surface area contributed by atoms with E-state index in [2.05, 4.69) is 10.2 Å². The Morgan fingerprint density at radius 3 is 2.85 bits per heavy atom. The van der Waals surface area contributed by atoms with Crippen LogP contribution in [-0.4, -0.2) is 42.2 Å². The number of hydrogen-bond acceptors (Lipinski definition) is 3. The van der Waals surface area contributed by atoms with E-state index in [0.29, 0.717) is 12.3 Å². The molecule has 1 saturated heterocycles. The molecule has 0 spiro atoms. The fourth-order valence-electron chi connectivity index (χ4n) is 2.66. The lowest BCUT2D eigenvalue weighted by molar-refractivity contribution is -0.122. The summed E-state index contributed by atoms with van der Waals surface area (Å²) in [6.45, 7) is 4.95. The molecule has 2 N–H and O–H groups in total. The van der Waals surface area contributed by atoms with Gasteiger partial charge in [-0.25, -0.2) is 0 Å². The standard InChI is InChI=1S/C16H24N2O2/c1-13(15-5-3-2-4-6-15)17-16(20)8-10-18-9-7-14(11-18)12-19/h2-6,13-14,19H,7-12H2,1H3,(H,17,20). The average Bonchev–Trinajstić information content (AvgIpc) is 2.94. The first kappa shape index (κ1) is 15.0. The van der Waals surface area contributed by atoms with Crippen LogP contribution >= 0.6 is 0 Å². The van der Waals surface area contributed by atoms with Gasteiger partial charge in [0.15, 0.2) is 0 Å². The van der Waals surface area contributed by atoms with Crippen molar-refractivity contribution in [3.05, 3.63) is 35.9 Å². The van der Waals surface area contributed by atoms with E-state index in [1.807, 2.05) is 37.3 Å². The number of carbonyl (C=O) groups excluding carboxylic acids is 1. The molecule has 1 aromatic rings. The number of benzene rings is 1. The zero-order chi connectivity index (χ0) is 14.4. The summed E-state index contributed by atoms with van der Waals surface area (Å²) < 4.78 is 0. The number of aliphatic hydroxyl groups excluding tert-OH is 1. The van der Waals surface area contributed by atoms with Crippen LogP contribution in [0.1, 0.15) is 31.4 Å². The second kappa shape index (κ2) is 7.41. The summed E-state index contributed by atoms with van der Waals surface area (Å²) in [6, 6.07) is 10.0. The van der Waals surface area contributed by atoms with Gasteiger partial charge in [-0.1, -0.05) is 30.3 Å². The normalized spacial score (nSPS) is 20.8. The Hall–Kier alpha value is -1.39. The van der Waals surface area contributed by atoms with Gasteiger partial charge in [0.25, 0.3) is 0 Å². The number of nitrogens with one attached hydrogen (secondary N) is 1. The monoisotopic (exact) mass is 276 g/mol. The maximum absolute atomic E-state index is 11.9. The van der Waals surface area contributed by atoms with Crippen LogP contribution in [0.5, 0.6) is 0 Å². The maximum Gasteiger partial charge on any atom is 0.221 e. The first-order valence-electron chi connectivity index (χ1n) is 7.36. The van der Waals surface area contributed by atoms with E-state index >= 15 is 0 Å². The number of rotatable bonds is 6. The molecule has 20 heavy (non-hydrogen) atoms. The third-order valence-electron chi connectivity index (χ3n) is 3.96. The Kier molecular flexibility index (Phi) is 5.56. The second-order valence-electron chi connectivity index (χ2n) is 5.59. The molecule has 0 aromatic heterocycles. The highest BCUT2D eigenvalue weighted by Gasteiger charge is 2.22. The predicted molar refractivity (Wildman–Crippen MR) is 79.2 cm³/mol. The minimum absolute atomic E-state index is 0.0486. The molecule has 0 bridgehead atoms. The first-order chi connectivity index (χ1) is 9.69. The molecular formula is C16H24N2O2. The number of likely N-dealkylation sites (tertiary alicyclic amines) is 1. The fraction of sp³-hybridized carbons (Fsp3) is 0.562. The highest BCUT2D eigenvalue weighted by molar-refractivity contribution is 5.76. The SMILES string of the molecule is CC(NC(=O)CCN1CCC(CO)C1)c1ccccc1. The minimum Gasteiger partial charge on any atom is -0.396 e. The van der Waals surface area contributed by atoms with Gasteiger partial charge in [0, 0.05) is 26.1 Å². The van der Waals surface area contributed by atoms with Crippen LogP contribution in [0.15, 0.2) is 30.3 Å². The van der Waals surface area contributed by atoms with E-state index in [-0.39, 0.29) is 18.6 Å². The molecule has 0 radical (unpaired) electrons. The largest absolute Gasteiger partial charge is 0.396 e. The fourth-order valence-corrected chi connectivity index (χ4v) is 2.66. The molecule has 2 unspecified atom stereocenters. The molecule has 1 fully saturated rings. The van der Waals surface area contributed by atoms with Crippen LogP contribution in [0, 0.1) is 5.92 Å². The van der Waals surface area contributed by atoms with Crippen LogP contribution in [-0.2, 0) is 4.79 Å². The van der Waals surface area contributed by atoms with Crippen LogP contribution in [0.2, 0.25) is 0 Å². The molecule has 2 rings (SSSR count). The van der Waals surface area contributed by atoms with Crippen LogP contribution in [0.25, 0.3) is 0 Å². The summed E-state index contributed by atoms with van der Waals surface area (Å²) in [6.07, 6.45) is 1.56. The molecular weight excluding hydrogens is 252 g/mol. The Morgan fingerprint density at radius 2 is 2.20 bits per heavy atom. The molecule has 4 heteroatoms. The van der Waals surface area contributed by atoms with E-state index in [1.54, 1.807) is 0 Å². The lowest BCUT2D eigenvalue weighted by Gasteiger charge is -2.17. The van der Waals surface area contributed by atoms with Gasteiger partial charge >= 0.3 is 0 Å². The molecule has 110 valence electrons. The third-order valence-corrected chi connectivity index (χ3v) is 3.96. The van der Waals surface area contributed by atoms with Gasteiger partial charge in [-0.05, 0) is 31.4 Å². The maximum atomic E-state index is 11.9. The van der Waals surface area contributed by atoms with Crippen LogP contribution in [0.4, 0.5) is 0 Å². The van der Waals surface area contributed by atoms with Gasteiger partial charge in [0.2, 0.25) is 5.91 Å². The van der Waals surface area contributed by atoms with Crippen molar-refractivity contribution in [2.75, 3.05) is 26.2 Å².